The number of carboxylic acid groups (broad SMARTS) is 1. The second-order valence-corrected chi connectivity index (χ2v) is 8.14. The Hall–Kier alpha value is -4.02. The maximum Gasteiger partial charge on any atom is 0.303 e. The van der Waals surface area contributed by atoms with E-state index >= 15 is 0 Å². The van der Waals surface area contributed by atoms with Crippen LogP contribution in [0.4, 0.5) is 5.69 Å². The molecule has 10 heteroatoms. The number of carboxylic acids is 1. The Kier molecular flexibility index (Phi) is 7.23. The number of nitro benzene ring substituents is 1. The van der Waals surface area contributed by atoms with E-state index in [9.17, 15) is 24.8 Å². The molecule has 182 valence electrons. The van der Waals surface area contributed by atoms with Crippen LogP contribution in [0.3, 0.4) is 0 Å². The Labute approximate surface area is 199 Å². The summed E-state index contributed by atoms with van der Waals surface area (Å²) < 4.78 is 17.5. The first kappa shape index (κ1) is 24.1. The van der Waals surface area contributed by atoms with Crippen molar-refractivity contribution in [3.63, 3.8) is 0 Å². The summed E-state index contributed by atoms with van der Waals surface area (Å²) >= 11 is 0. The second-order valence-electron chi connectivity index (χ2n) is 8.14. The largest absolute Gasteiger partial charge is 0.508 e. The van der Waals surface area contributed by atoms with E-state index in [4.69, 9.17) is 19.0 Å². The monoisotopic (exact) mass is 481 g/mol. The first-order chi connectivity index (χ1) is 16.8. The van der Waals surface area contributed by atoms with E-state index in [2.05, 4.69) is 0 Å². The quantitative estimate of drug-likeness (QED) is 0.267. The Morgan fingerprint density at radius 3 is 2.71 bits per heavy atom. The highest BCUT2D eigenvalue weighted by Crippen LogP contribution is 2.42. The highest BCUT2D eigenvalue weighted by molar-refractivity contribution is 5.79. The molecular formula is C25H23NO9. The lowest BCUT2D eigenvalue weighted by Crippen LogP contribution is -2.32. The number of allylic oxidation sites excluding steroid dienone is 2. The fourth-order valence-corrected chi connectivity index (χ4v) is 4.00. The van der Waals surface area contributed by atoms with Gasteiger partial charge in [0.2, 0.25) is 5.43 Å². The number of hydrogen-bond acceptors (Lipinski definition) is 8. The fraction of sp³-hybridized carbons (Fsp3) is 0.280. The van der Waals surface area contributed by atoms with Crippen molar-refractivity contribution in [3.05, 3.63) is 92.3 Å². The van der Waals surface area contributed by atoms with Crippen molar-refractivity contribution in [1.82, 2.24) is 0 Å². The molecule has 35 heavy (non-hydrogen) atoms. The van der Waals surface area contributed by atoms with Gasteiger partial charge < -0.3 is 24.1 Å². The van der Waals surface area contributed by atoms with Crippen LogP contribution in [0.15, 0.2) is 70.1 Å². The number of nitrogens with zero attached hydrogens (tertiary/aromatic N) is 1. The van der Waals surface area contributed by atoms with Crippen molar-refractivity contribution in [2.24, 2.45) is 5.92 Å². The molecule has 0 aliphatic carbocycles. The van der Waals surface area contributed by atoms with E-state index in [1.807, 2.05) is 6.08 Å². The average molecular weight is 481 g/mol. The predicted molar refractivity (Wildman–Crippen MR) is 124 cm³/mol. The summed E-state index contributed by atoms with van der Waals surface area (Å²) in [6.07, 6.45) is 3.97. The van der Waals surface area contributed by atoms with Gasteiger partial charge >= 0.3 is 5.97 Å². The lowest BCUT2D eigenvalue weighted by molar-refractivity contribution is -0.384. The van der Waals surface area contributed by atoms with Gasteiger partial charge in [-0.05, 0) is 25.0 Å². The second kappa shape index (κ2) is 10.5. The zero-order valence-corrected chi connectivity index (χ0v) is 18.5. The van der Waals surface area contributed by atoms with Crippen molar-refractivity contribution in [1.29, 1.82) is 0 Å². The molecule has 1 aromatic heterocycles. The van der Waals surface area contributed by atoms with Gasteiger partial charge in [-0.2, -0.15) is 0 Å². The Bertz CT molecular complexity index is 1330. The van der Waals surface area contributed by atoms with Crippen LogP contribution in [0.25, 0.3) is 11.0 Å². The highest BCUT2D eigenvalue weighted by Gasteiger charge is 2.36. The highest BCUT2D eigenvalue weighted by atomic mass is 16.7. The average Bonchev–Trinajstić information content (AvgIpc) is 2.84. The lowest BCUT2D eigenvalue weighted by atomic mass is 9.91. The van der Waals surface area contributed by atoms with Crippen LogP contribution in [-0.2, 0) is 14.3 Å². The minimum Gasteiger partial charge on any atom is -0.508 e. The number of aromatic hydroxyl groups is 1. The van der Waals surface area contributed by atoms with Gasteiger partial charge in [-0.1, -0.05) is 30.4 Å². The molecule has 0 amide bonds. The van der Waals surface area contributed by atoms with E-state index in [1.54, 1.807) is 24.3 Å². The van der Waals surface area contributed by atoms with Gasteiger partial charge in [0.1, 0.15) is 17.6 Å². The van der Waals surface area contributed by atoms with Gasteiger partial charge in [0.05, 0.1) is 28.6 Å². The van der Waals surface area contributed by atoms with Crippen LogP contribution in [-0.4, -0.2) is 27.7 Å². The number of aliphatic carboxylic acids is 1. The number of para-hydroxylation sites is 1. The summed E-state index contributed by atoms with van der Waals surface area (Å²) in [6, 6.07) is 10.5. The van der Waals surface area contributed by atoms with Gasteiger partial charge in [0.15, 0.2) is 6.29 Å². The summed E-state index contributed by atoms with van der Waals surface area (Å²) in [4.78, 5) is 34.4. The Morgan fingerprint density at radius 2 is 1.97 bits per heavy atom. The van der Waals surface area contributed by atoms with Gasteiger partial charge in [-0.3, -0.25) is 19.7 Å². The molecule has 0 bridgehead atoms. The third kappa shape index (κ3) is 5.39. The molecule has 1 unspecified atom stereocenters. The smallest absolute Gasteiger partial charge is 0.303 e. The van der Waals surface area contributed by atoms with Gasteiger partial charge in [-0.15, -0.1) is 0 Å². The van der Waals surface area contributed by atoms with E-state index in [0.29, 0.717) is 18.4 Å². The number of fused-ring (bicyclic) bond motifs is 1. The van der Waals surface area contributed by atoms with E-state index in [0.717, 1.165) is 6.07 Å². The lowest BCUT2D eigenvalue weighted by Gasteiger charge is -2.36. The van der Waals surface area contributed by atoms with Crippen LogP contribution in [0.1, 0.15) is 42.8 Å². The van der Waals surface area contributed by atoms with Crippen LogP contribution in [0.5, 0.6) is 5.75 Å². The van der Waals surface area contributed by atoms with Crippen molar-refractivity contribution in [2.45, 2.75) is 31.7 Å². The van der Waals surface area contributed by atoms with Gasteiger partial charge in [-0.25, -0.2) is 0 Å². The molecule has 4 rings (SSSR count). The number of benzene rings is 2. The van der Waals surface area contributed by atoms with E-state index in [1.165, 1.54) is 24.5 Å². The molecule has 2 heterocycles. The topological polar surface area (TPSA) is 149 Å². The fourth-order valence-electron chi connectivity index (χ4n) is 4.00. The molecular weight excluding hydrogens is 458 g/mol. The standard InChI is InChI=1S/C25H23NO9/c27-20-8-5-4-7-17(20)24-15(6-2-1-3-9-22(28)29)13-34-25(35-24)19-14-33-21-11-10-16(26(31)32)12-18(21)23(19)30/h1-2,4-5,7-8,10-12,14-15,24-25,27H,3,6,9,13H2,(H,28,29)/t15-,24+,25?/m1/s1. The van der Waals surface area contributed by atoms with Crippen LogP contribution in [0, 0.1) is 16.0 Å². The summed E-state index contributed by atoms with van der Waals surface area (Å²) in [5.41, 5.74) is 0.0125. The van der Waals surface area contributed by atoms with Gasteiger partial charge in [0.25, 0.3) is 5.69 Å². The van der Waals surface area contributed by atoms with Crippen molar-refractivity contribution >= 4 is 22.6 Å². The molecule has 10 nitrogen and oxygen atoms in total. The number of ether oxygens (including phenoxy) is 2. The minimum atomic E-state index is -1.12. The third-order valence-corrected chi connectivity index (χ3v) is 5.78. The molecule has 1 aliphatic heterocycles. The molecule has 0 spiro atoms. The van der Waals surface area contributed by atoms with Crippen LogP contribution in [0.2, 0.25) is 0 Å². The molecule has 0 radical (unpaired) electrons. The van der Waals surface area contributed by atoms with Crippen molar-refractivity contribution in [3.8, 4) is 5.75 Å². The van der Waals surface area contributed by atoms with Crippen LogP contribution >= 0.6 is 0 Å². The molecule has 3 atom stereocenters. The molecule has 1 fully saturated rings. The maximum atomic E-state index is 13.1. The number of phenolic OH excluding ortho intramolecular Hbond substituents is 1. The zero-order chi connectivity index (χ0) is 24.9. The minimum absolute atomic E-state index is 0.0229. The third-order valence-electron chi connectivity index (χ3n) is 5.78. The number of nitro groups is 1. The van der Waals surface area contributed by atoms with Gasteiger partial charge in [0, 0.05) is 30.0 Å². The molecule has 1 aliphatic rings. The molecule has 3 aromatic rings. The normalized spacial score (nSPS) is 20.3. The zero-order valence-electron chi connectivity index (χ0n) is 18.5. The summed E-state index contributed by atoms with van der Waals surface area (Å²) in [5, 5.41) is 30.4. The van der Waals surface area contributed by atoms with Crippen molar-refractivity contribution in [2.75, 3.05) is 6.61 Å². The molecule has 1 saturated heterocycles. The maximum absolute atomic E-state index is 13.1. The summed E-state index contributed by atoms with van der Waals surface area (Å²) in [6.45, 7) is 0.180. The SMILES string of the molecule is O=C(O)CCC=CC[C@@H]1COC(c2coc3ccc([N+](=O)[O-])cc3c2=O)O[C@@H]1c1ccccc1O. The number of hydrogen-bond donors (Lipinski definition) is 2. The predicted octanol–water partition coefficient (Wildman–Crippen LogP) is 4.62. The summed E-state index contributed by atoms with van der Waals surface area (Å²) in [7, 11) is 0. The summed E-state index contributed by atoms with van der Waals surface area (Å²) in [5.74, 6) is -1.08. The van der Waals surface area contributed by atoms with E-state index < -0.39 is 28.7 Å². The molecule has 2 aromatic carbocycles. The number of rotatable bonds is 8. The van der Waals surface area contributed by atoms with Crippen molar-refractivity contribution < 1.29 is 33.8 Å². The molecule has 2 N–H and O–H groups in total. The van der Waals surface area contributed by atoms with Crippen LogP contribution < -0.4 is 5.43 Å². The first-order valence-electron chi connectivity index (χ1n) is 11.0. The Morgan fingerprint density at radius 1 is 1.17 bits per heavy atom. The van der Waals surface area contributed by atoms with E-state index in [-0.39, 0.29) is 46.9 Å². The number of phenols is 1. The Balaban J connectivity index is 1.62. The number of non-ortho nitro benzene ring substituents is 1. The number of carbonyl (C=O) groups is 1. The molecule has 0 saturated carbocycles. The first-order valence-corrected chi connectivity index (χ1v) is 11.0.